The summed E-state index contributed by atoms with van der Waals surface area (Å²) in [5.41, 5.74) is 0.518. The van der Waals surface area contributed by atoms with Crippen molar-refractivity contribution in [1.29, 1.82) is 0 Å². The molecule has 1 aliphatic rings. The zero-order chi connectivity index (χ0) is 17.1. The molecule has 1 aromatic heterocycles. The van der Waals surface area contributed by atoms with Crippen molar-refractivity contribution in [3.05, 3.63) is 47.0 Å². The smallest absolute Gasteiger partial charge is 0.257 e. The second-order valence-corrected chi connectivity index (χ2v) is 6.44. The van der Waals surface area contributed by atoms with Crippen LogP contribution in [-0.2, 0) is 6.54 Å². The molecule has 0 unspecified atom stereocenters. The molecule has 3 rings (SSSR count). The third-order valence-electron chi connectivity index (χ3n) is 4.55. The normalized spacial score (nSPS) is 17.8. The van der Waals surface area contributed by atoms with Gasteiger partial charge < -0.3 is 14.2 Å². The quantitative estimate of drug-likeness (QED) is 0.849. The van der Waals surface area contributed by atoms with Crippen molar-refractivity contribution in [3.8, 4) is 5.75 Å². The molecule has 0 saturated carbocycles. The number of amides is 1. The number of hydrogen-bond donors (Lipinski definition) is 0. The van der Waals surface area contributed by atoms with Crippen LogP contribution in [0, 0.1) is 0 Å². The van der Waals surface area contributed by atoms with Crippen LogP contribution in [0.4, 0.5) is 0 Å². The molecule has 128 valence electrons. The van der Waals surface area contributed by atoms with Crippen molar-refractivity contribution in [2.75, 3.05) is 20.2 Å². The topological polar surface area (TPSA) is 47.4 Å². The molecular weight excluding hydrogens is 326 g/mol. The number of methoxy groups -OCH3 is 1. The van der Waals surface area contributed by atoms with Gasteiger partial charge in [-0.05, 0) is 38.0 Å². The number of hydrogen-bond acceptors (Lipinski definition) is 3. The number of aromatic nitrogens is 2. The fourth-order valence-electron chi connectivity index (χ4n) is 3.34. The highest BCUT2D eigenvalue weighted by molar-refractivity contribution is 6.31. The van der Waals surface area contributed by atoms with E-state index in [0.29, 0.717) is 22.9 Å². The molecule has 6 heteroatoms. The van der Waals surface area contributed by atoms with Gasteiger partial charge in [0.2, 0.25) is 0 Å². The van der Waals surface area contributed by atoms with E-state index in [1.165, 1.54) is 0 Å². The number of benzene rings is 1. The van der Waals surface area contributed by atoms with Gasteiger partial charge in [-0.15, -0.1) is 0 Å². The lowest BCUT2D eigenvalue weighted by Gasteiger charge is -2.33. The van der Waals surface area contributed by atoms with Crippen LogP contribution >= 0.6 is 11.6 Å². The lowest BCUT2D eigenvalue weighted by Crippen LogP contribution is -2.40. The molecule has 0 N–H and O–H groups in total. The lowest BCUT2D eigenvalue weighted by molar-refractivity contribution is 0.0700. The Bertz CT molecular complexity index is 729. The Morgan fingerprint density at radius 3 is 3.04 bits per heavy atom. The van der Waals surface area contributed by atoms with Gasteiger partial charge in [-0.25, -0.2) is 4.98 Å². The van der Waals surface area contributed by atoms with Crippen LogP contribution in [0.15, 0.2) is 30.6 Å². The Hall–Kier alpha value is -2.01. The largest absolute Gasteiger partial charge is 0.496 e. The molecule has 2 heterocycles. The SMILES string of the molecule is CCn1ccnc1[C@@H]1CCCN(C(=O)c2cc(Cl)ccc2OC)C1. The number of imidazole rings is 1. The van der Waals surface area contributed by atoms with Gasteiger partial charge in [0.05, 0.1) is 12.7 Å². The molecule has 1 saturated heterocycles. The first-order valence-corrected chi connectivity index (χ1v) is 8.65. The predicted octanol–water partition coefficient (Wildman–Crippen LogP) is 3.58. The van der Waals surface area contributed by atoms with E-state index in [1.54, 1.807) is 25.3 Å². The molecule has 1 atom stereocenters. The van der Waals surface area contributed by atoms with Crippen molar-refractivity contribution < 1.29 is 9.53 Å². The maximum absolute atomic E-state index is 13.0. The molecule has 2 aromatic rings. The van der Waals surface area contributed by atoms with E-state index in [0.717, 1.165) is 31.8 Å². The molecule has 1 amide bonds. The lowest BCUT2D eigenvalue weighted by atomic mass is 9.96. The highest BCUT2D eigenvalue weighted by Gasteiger charge is 2.29. The summed E-state index contributed by atoms with van der Waals surface area (Å²) in [7, 11) is 1.57. The summed E-state index contributed by atoms with van der Waals surface area (Å²) in [5.74, 6) is 1.85. The zero-order valence-electron chi connectivity index (χ0n) is 14.0. The number of piperidine rings is 1. The highest BCUT2D eigenvalue weighted by Crippen LogP contribution is 2.29. The van der Waals surface area contributed by atoms with Crippen molar-refractivity contribution in [3.63, 3.8) is 0 Å². The summed E-state index contributed by atoms with van der Waals surface area (Å²) in [6.07, 6.45) is 5.85. The van der Waals surface area contributed by atoms with Gasteiger partial charge in [-0.2, -0.15) is 0 Å². The van der Waals surface area contributed by atoms with Crippen LogP contribution in [0.1, 0.15) is 41.9 Å². The number of ether oxygens (including phenoxy) is 1. The predicted molar refractivity (Wildman–Crippen MR) is 93.8 cm³/mol. The van der Waals surface area contributed by atoms with Gasteiger partial charge in [-0.1, -0.05) is 11.6 Å². The van der Waals surface area contributed by atoms with Gasteiger partial charge in [0, 0.05) is 43.0 Å². The van der Waals surface area contributed by atoms with Crippen molar-refractivity contribution in [2.24, 2.45) is 0 Å². The number of aryl methyl sites for hydroxylation is 1. The first kappa shape index (κ1) is 16.8. The minimum absolute atomic E-state index is 0.0337. The fraction of sp³-hybridized carbons (Fsp3) is 0.444. The van der Waals surface area contributed by atoms with E-state index in [9.17, 15) is 4.79 Å². The third-order valence-corrected chi connectivity index (χ3v) is 4.79. The number of carbonyl (C=O) groups is 1. The molecule has 1 aliphatic heterocycles. The molecule has 24 heavy (non-hydrogen) atoms. The zero-order valence-corrected chi connectivity index (χ0v) is 14.8. The minimum Gasteiger partial charge on any atom is -0.496 e. The first-order valence-electron chi connectivity index (χ1n) is 8.28. The third kappa shape index (κ3) is 3.26. The first-order chi connectivity index (χ1) is 11.6. The van der Waals surface area contributed by atoms with E-state index in [2.05, 4.69) is 16.5 Å². The van der Waals surface area contributed by atoms with Crippen LogP contribution in [0.5, 0.6) is 5.75 Å². The molecular formula is C18H22ClN3O2. The van der Waals surface area contributed by atoms with Gasteiger partial charge in [0.1, 0.15) is 11.6 Å². The van der Waals surface area contributed by atoms with Crippen molar-refractivity contribution in [1.82, 2.24) is 14.5 Å². The summed E-state index contributed by atoms with van der Waals surface area (Å²) in [5, 5.41) is 0.536. The second-order valence-electron chi connectivity index (χ2n) is 6.01. The molecule has 1 fully saturated rings. The van der Waals surface area contributed by atoms with E-state index in [-0.39, 0.29) is 11.8 Å². The summed E-state index contributed by atoms with van der Waals surface area (Å²) in [6, 6.07) is 5.15. The maximum Gasteiger partial charge on any atom is 0.257 e. The van der Waals surface area contributed by atoms with Crippen molar-refractivity contribution in [2.45, 2.75) is 32.2 Å². The summed E-state index contributed by atoms with van der Waals surface area (Å²) >= 11 is 6.07. The average molecular weight is 348 g/mol. The Kier molecular flexibility index (Phi) is 5.09. The highest BCUT2D eigenvalue weighted by atomic mass is 35.5. The maximum atomic E-state index is 13.0. The number of likely N-dealkylation sites (tertiary alicyclic amines) is 1. The monoisotopic (exact) mass is 347 g/mol. The van der Waals surface area contributed by atoms with Gasteiger partial charge in [0.25, 0.3) is 5.91 Å². The molecule has 0 aliphatic carbocycles. The van der Waals surface area contributed by atoms with Crippen molar-refractivity contribution >= 4 is 17.5 Å². The number of halogens is 1. The summed E-state index contributed by atoms with van der Waals surface area (Å²) < 4.78 is 7.48. The van der Waals surface area contributed by atoms with Crippen LogP contribution in [0.3, 0.4) is 0 Å². The number of carbonyl (C=O) groups excluding carboxylic acids is 1. The van der Waals surface area contributed by atoms with E-state index in [1.807, 2.05) is 17.3 Å². The number of rotatable bonds is 4. The minimum atomic E-state index is -0.0337. The van der Waals surface area contributed by atoms with Gasteiger partial charge >= 0.3 is 0 Å². The van der Waals surface area contributed by atoms with Crippen LogP contribution in [0.2, 0.25) is 5.02 Å². The van der Waals surface area contributed by atoms with E-state index >= 15 is 0 Å². The van der Waals surface area contributed by atoms with Gasteiger partial charge in [-0.3, -0.25) is 4.79 Å². The molecule has 1 aromatic carbocycles. The molecule has 5 nitrogen and oxygen atoms in total. The Balaban J connectivity index is 1.82. The molecule has 0 bridgehead atoms. The van der Waals surface area contributed by atoms with Gasteiger partial charge in [0.15, 0.2) is 0 Å². The Labute approximate surface area is 147 Å². The van der Waals surface area contributed by atoms with Crippen LogP contribution in [-0.4, -0.2) is 40.6 Å². The van der Waals surface area contributed by atoms with Crippen LogP contribution < -0.4 is 4.74 Å². The van der Waals surface area contributed by atoms with Crippen LogP contribution in [0.25, 0.3) is 0 Å². The average Bonchev–Trinajstić information content (AvgIpc) is 3.10. The summed E-state index contributed by atoms with van der Waals surface area (Å²) in [6.45, 7) is 4.42. The molecule has 0 spiro atoms. The second kappa shape index (κ2) is 7.26. The summed E-state index contributed by atoms with van der Waals surface area (Å²) in [4.78, 5) is 19.4. The van der Waals surface area contributed by atoms with E-state index in [4.69, 9.17) is 16.3 Å². The fourth-order valence-corrected chi connectivity index (χ4v) is 3.51. The van der Waals surface area contributed by atoms with E-state index < -0.39 is 0 Å². The standard InChI is InChI=1S/C18H22ClN3O2/c1-3-21-10-8-20-17(21)13-5-4-9-22(12-13)18(23)15-11-14(19)6-7-16(15)24-2/h6-8,10-11,13H,3-5,9,12H2,1-2H3/t13-/m1/s1. The number of nitrogens with zero attached hydrogens (tertiary/aromatic N) is 3. The molecule has 0 radical (unpaired) electrons. The Morgan fingerprint density at radius 1 is 1.46 bits per heavy atom. The Morgan fingerprint density at radius 2 is 2.29 bits per heavy atom.